The number of hydrogen-bond acceptors (Lipinski definition) is 8. The number of rotatable bonds is 5. The second-order valence-electron chi connectivity index (χ2n) is 5.76. The lowest BCUT2D eigenvalue weighted by molar-refractivity contribution is -0.122. The number of nitrogens with zero attached hydrogens (tertiary/aromatic N) is 3. The van der Waals surface area contributed by atoms with Gasteiger partial charge in [-0.1, -0.05) is 0 Å². The van der Waals surface area contributed by atoms with Crippen molar-refractivity contribution >= 4 is 23.0 Å². The van der Waals surface area contributed by atoms with Crippen molar-refractivity contribution in [3.05, 3.63) is 16.7 Å². The molecule has 3 rings (SSSR count). The summed E-state index contributed by atoms with van der Waals surface area (Å²) in [6.45, 7) is -0.277. The number of aliphatic hydroxyl groups excluding tert-OH is 1. The van der Waals surface area contributed by atoms with E-state index in [1.54, 1.807) is 0 Å². The van der Waals surface area contributed by atoms with E-state index in [9.17, 15) is 14.7 Å². The van der Waals surface area contributed by atoms with Crippen molar-refractivity contribution < 1.29 is 19.4 Å². The molecule has 2 aromatic heterocycles. The third-order valence-corrected chi connectivity index (χ3v) is 4.37. The van der Waals surface area contributed by atoms with Gasteiger partial charge in [0.05, 0.1) is 19.0 Å². The van der Waals surface area contributed by atoms with Crippen molar-refractivity contribution in [2.75, 3.05) is 26.5 Å². The third kappa shape index (κ3) is 2.97. The molecule has 0 radical (unpaired) electrons. The van der Waals surface area contributed by atoms with Gasteiger partial charge in [-0.25, -0.2) is 4.98 Å². The third-order valence-electron chi connectivity index (χ3n) is 4.37. The molecule has 1 fully saturated rings. The molecule has 1 amide bonds. The molecule has 0 aromatic carbocycles. The predicted molar refractivity (Wildman–Crippen MR) is 86.5 cm³/mol. The van der Waals surface area contributed by atoms with E-state index in [0.717, 1.165) is 0 Å². The molecule has 25 heavy (non-hydrogen) atoms. The van der Waals surface area contributed by atoms with Crippen molar-refractivity contribution in [1.82, 2.24) is 24.8 Å². The van der Waals surface area contributed by atoms with Crippen LogP contribution in [0.3, 0.4) is 0 Å². The van der Waals surface area contributed by atoms with Gasteiger partial charge in [0.2, 0.25) is 11.9 Å². The average Bonchev–Trinajstić information content (AvgIpc) is 3.15. The average molecular weight is 352 g/mol. The van der Waals surface area contributed by atoms with Gasteiger partial charge in [-0.05, 0) is 0 Å². The summed E-state index contributed by atoms with van der Waals surface area (Å²) in [5.41, 5.74) is 5.50. The number of anilines is 1. The van der Waals surface area contributed by atoms with Crippen molar-refractivity contribution in [3.63, 3.8) is 0 Å². The zero-order valence-corrected chi connectivity index (χ0v) is 13.8. The van der Waals surface area contributed by atoms with Gasteiger partial charge in [-0.3, -0.25) is 19.1 Å². The second-order valence-corrected chi connectivity index (χ2v) is 5.76. The topological polar surface area (TPSA) is 157 Å². The summed E-state index contributed by atoms with van der Waals surface area (Å²) in [5, 5.41) is 12.2. The number of aromatic nitrogens is 4. The van der Waals surface area contributed by atoms with Gasteiger partial charge >= 0.3 is 0 Å². The van der Waals surface area contributed by atoms with Crippen molar-refractivity contribution in [3.8, 4) is 0 Å². The molecule has 1 saturated heterocycles. The number of carbonyl (C=O) groups excluding carboxylic acids is 1. The van der Waals surface area contributed by atoms with Crippen LogP contribution in [-0.4, -0.2) is 63.5 Å². The first kappa shape index (κ1) is 17.3. The minimum absolute atomic E-state index is 0.0492. The molecule has 136 valence electrons. The molecule has 0 bridgehead atoms. The van der Waals surface area contributed by atoms with Gasteiger partial charge < -0.3 is 25.6 Å². The number of H-pyrrole nitrogens is 1. The normalized spacial score (nSPS) is 26.2. The largest absolute Gasteiger partial charge is 0.394 e. The van der Waals surface area contributed by atoms with Crippen molar-refractivity contribution in [1.29, 1.82) is 0 Å². The molecule has 0 spiro atoms. The molecule has 1 aliphatic rings. The first-order valence-electron chi connectivity index (χ1n) is 7.72. The zero-order valence-electron chi connectivity index (χ0n) is 13.8. The van der Waals surface area contributed by atoms with Crippen LogP contribution in [0, 0.1) is 5.92 Å². The monoisotopic (exact) mass is 352 g/mol. The molecule has 11 nitrogen and oxygen atoms in total. The van der Waals surface area contributed by atoms with Crippen LogP contribution in [0.5, 0.6) is 0 Å². The lowest BCUT2D eigenvalue weighted by Crippen LogP contribution is -2.34. The Kier molecular flexibility index (Phi) is 4.70. The van der Waals surface area contributed by atoms with Gasteiger partial charge in [-0.2, -0.15) is 4.98 Å². The van der Waals surface area contributed by atoms with Crippen molar-refractivity contribution in [2.45, 2.75) is 24.9 Å². The number of aliphatic hydroxyl groups is 1. The summed E-state index contributed by atoms with van der Waals surface area (Å²) < 4.78 is 12.9. The molecule has 5 N–H and O–H groups in total. The molecule has 4 atom stereocenters. The highest BCUT2D eigenvalue weighted by Crippen LogP contribution is 2.38. The summed E-state index contributed by atoms with van der Waals surface area (Å²) in [5.74, 6) is -0.618. The van der Waals surface area contributed by atoms with Crippen LogP contribution in [0.25, 0.3) is 11.2 Å². The highest BCUT2D eigenvalue weighted by Gasteiger charge is 2.46. The van der Waals surface area contributed by atoms with Crippen LogP contribution >= 0.6 is 0 Å². The van der Waals surface area contributed by atoms with E-state index in [4.69, 9.17) is 15.2 Å². The Hall–Kier alpha value is -2.50. The first-order valence-corrected chi connectivity index (χ1v) is 7.72. The molecule has 2 aromatic rings. The number of nitrogens with one attached hydrogen (secondary N) is 2. The summed E-state index contributed by atoms with van der Waals surface area (Å²) in [7, 11) is 3.03. The number of methoxy groups -OCH3 is 1. The molecule has 11 heteroatoms. The maximum atomic E-state index is 11.9. The number of fused-ring (bicyclic) bond motifs is 1. The van der Waals surface area contributed by atoms with Gasteiger partial charge in [0.1, 0.15) is 6.10 Å². The van der Waals surface area contributed by atoms with Crippen LogP contribution in [-0.2, 0) is 14.3 Å². The zero-order chi connectivity index (χ0) is 18.1. The van der Waals surface area contributed by atoms with Crippen LogP contribution in [0.2, 0.25) is 0 Å². The number of aromatic amines is 1. The Morgan fingerprint density at radius 3 is 3.00 bits per heavy atom. The van der Waals surface area contributed by atoms with E-state index in [1.807, 2.05) is 0 Å². The molecule has 0 saturated carbocycles. The fourth-order valence-electron chi connectivity index (χ4n) is 3.17. The summed E-state index contributed by atoms with van der Waals surface area (Å²) in [6, 6.07) is 0. The highest BCUT2D eigenvalue weighted by atomic mass is 16.6. The summed E-state index contributed by atoms with van der Waals surface area (Å²) >= 11 is 0. The SMILES string of the molecule is CNC(=O)C[C@H]1[C@@H](OC)[C@H](n2cnc3c(=O)[nH]c(N)nc32)O[C@@H]1CO. The van der Waals surface area contributed by atoms with E-state index in [2.05, 4.69) is 20.3 Å². The Labute approximate surface area is 142 Å². The van der Waals surface area contributed by atoms with E-state index in [1.165, 1.54) is 25.1 Å². The van der Waals surface area contributed by atoms with Crippen molar-refractivity contribution in [2.24, 2.45) is 5.92 Å². The van der Waals surface area contributed by atoms with Gasteiger partial charge in [0.25, 0.3) is 5.56 Å². The minimum atomic E-state index is -0.712. The second kappa shape index (κ2) is 6.78. The number of carbonyl (C=O) groups is 1. The molecule has 1 aliphatic heterocycles. The predicted octanol–water partition coefficient (Wildman–Crippen LogP) is -1.64. The Morgan fingerprint density at radius 2 is 2.36 bits per heavy atom. The number of amides is 1. The summed E-state index contributed by atoms with van der Waals surface area (Å²) in [4.78, 5) is 34.3. The van der Waals surface area contributed by atoms with Gasteiger partial charge in [0, 0.05) is 26.5 Å². The highest BCUT2D eigenvalue weighted by molar-refractivity contribution is 5.76. The number of nitrogen functional groups attached to an aromatic ring is 1. The van der Waals surface area contributed by atoms with Crippen LogP contribution in [0.1, 0.15) is 12.6 Å². The lowest BCUT2D eigenvalue weighted by Gasteiger charge is -2.22. The number of nitrogens with two attached hydrogens (primary N) is 1. The number of imidazole rings is 1. The Bertz CT molecular complexity index is 833. The van der Waals surface area contributed by atoms with Gasteiger partial charge in [-0.15, -0.1) is 0 Å². The minimum Gasteiger partial charge on any atom is -0.394 e. The summed E-state index contributed by atoms with van der Waals surface area (Å²) in [6.07, 6.45) is -0.340. The first-order chi connectivity index (χ1) is 12.0. The maximum Gasteiger partial charge on any atom is 0.280 e. The van der Waals surface area contributed by atoms with E-state index in [0.29, 0.717) is 0 Å². The quantitative estimate of drug-likeness (QED) is 0.499. The molecule has 3 heterocycles. The van der Waals surface area contributed by atoms with E-state index < -0.39 is 24.0 Å². The maximum absolute atomic E-state index is 11.9. The molecular formula is C14H20N6O5. The smallest absolute Gasteiger partial charge is 0.280 e. The standard InChI is InChI=1S/C14H20N6O5/c1-16-8(22)3-6-7(4-21)25-13(10(6)24-2)20-5-17-9-11(20)18-14(15)19-12(9)23/h5-7,10,13,21H,3-4H2,1-2H3,(H,16,22)(H3,15,18,19,23)/t6-,7-,10-,13-/m1/s1. The fourth-order valence-corrected chi connectivity index (χ4v) is 3.17. The molecular weight excluding hydrogens is 332 g/mol. The van der Waals surface area contributed by atoms with Gasteiger partial charge in [0.15, 0.2) is 17.4 Å². The van der Waals surface area contributed by atoms with E-state index in [-0.39, 0.29) is 42.0 Å². The Balaban J connectivity index is 2.02. The fraction of sp³-hybridized carbons (Fsp3) is 0.571. The van der Waals surface area contributed by atoms with E-state index >= 15 is 0 Å². The molecule has 0 unspecified atom stereocenters. The van der Waals surface area contributed by atoms with Crippen LogP contribution < -0.4 is 16.6 Å². The molecule has 0 aliphatic carbocycles. The van der Waals surface area contributed by atoms with Crippen LogP contribution in [0.4, 0.5) is 5.95 Å². The number of hydrogen-bond donors (Lipinski definition) is 4. The van der Waals surface area contributed by atoms with Crippen LogP contribution in [0.15, 0.2) is 11.1 Å². The Morgan fingerprint density at radius 1 is 1.60 bits per heavy atom. The lowest BCUT2D eigenvalue weighted by atomic mass is 9.94. The number of ether oxygens (including phenoxy) is 2.